The summed E-state index contributed by atoms with van der Waals surface area (Å²) in [6, 6.07) is 15.0. The van der Waals surface area contributed by atoms with E-state index in [4.69, 9.17) is 19.1 Å². The lowest BCUT2D eigenvalue weighted by Crippen LogP contribution is -2.10. The van der Waals surface area contributed by atoms with Gasteiger partial charge in [0.15, 0.2) is 5.82 Å². The highest BCUT2D eigenvalue weighted by Crippen LogP contribution is 2.47. The number of ether oxygens (including phenoxy) is 2. The Balaban J connectivity index is 1.20. The van der Waals surface area contributed by atoms with Gasteiger partial charge in [-0.25, -0.2) is 0 Å². The first-order valence-electron chi connectivity index (χ1n) is 13.4. The largest absolute Gasteiger partial charge is 0.493 e. The van der Waals surface area contributed by atoms with Gasteiger partial charge in [0.2, 0.25) is 0 Å². The number of aliphatic carboxylic acids is 1. The van der Waals surface area contributed by atoms with Crippen molar-refractivity contribution in [2.24, 2.45) is 0 Å². The van der Waals surface area contributed by atoms with Crippen LogP contribution in [-0.4, -0.2) is 34.4 Å². The third-order valence-electron chi connectivity index (χ3n) is 7.81. The Morgan fingerprint density at radius 2 is 1.80 bits per heavy atom. The molecular formula is C31H27F3N2O5. The zero-order valence-corrected chi connectivity index (χ0v) is 22.2. The summed E-state index contributed by atoms with van der Waals surface area (Å²) < 4.78 is 59.2. The monoisotopic (exact) mass is 564 g/mol. The summed E-state index contributed by atoms with van der Waals surface area (Å²) in [6.07, 6.45) is -2.56. The number of nitrogens with zero attached hydrogens (tertiary/aromatic N) is 2. The zero-order chi connectivity index (χ0) is 28.7. The van der Waals surface area contributed by atoms with Crippen LogP contribution in [0, 0.1) is 6.92 Å². The van der Waals surface area contributed by atoms with E-state index in [1.54, 1.807) is 49.4 Å². The summed E-state index contributed by atoms with van der Waals surface area (Å²) in [6.45, 7) is 2.41. The molecular weight excluding hydrogens is 537 g/mol. The second-order valence-electron chi connectivity index (χ2n) is 10.5. The van der Waals surface area contributed by atoms with E-state index in [2.05, 4.69) is 10.1 Å². The van der Waals surface area contributed by atoms with Gasteiger partial charge in [-0.15, -0.1) is 0 Å². The second kappa shape index (κ2) is 10.6. The fourth-order valence-electron chi connectivity index (χ4n) is 5.90. The lowest BCUT2D eigenvalue weighted by Gasteiger charge is -2.19. The summed E-state index contributed by atoms with van der Waals surface area (Å²) in [5, 5.41) is 12.9. The summed E-state index contributed by atoms with van der Waals surface area (Å²) in [4.78, 5) is 15.3. The second-order valence-corrected chi connectivity index (χ2v) is 10.5. The zero-order valence-electron chi connectivity index (χ0n) is 22.2. The maximum absolute atomic E-state index is 14.1. The van der Waals surface area contributed by atoms with Crippen LogP contribution in [0.4, 0.5) is 13.2 Å². The molecule has 0 saturated carbocycles. The van der Waals surface area contributed by atoms with Gasteiger partial charge >= 0.3 is 12.1 Å². The average molecular weight is 565 g/mol. The molecule has 6 rings (SSSR count). The highest BCUT2D eigenvalue weighted by atomic mass is 19.4. The number of carboxylic acid groups (broad SMARTS) is 1. The normalized spacial score (nSPS) is 17.7. The number of benzene rings is 3. The molecule has 2 unspecified atom stereocenters. The summed E-state index contributed by atoms with van der Waals surface area (Å²) in [5.41, 5.74) is 3.21. The number of hydrogen-bond acceptors (Lipinski definition) is 6. The Bertz CT molecular complexity index is 1600. The number of carboxylic acids is 1. The van der Waals surface area contributed by atoms with Crippen LogP contribution in [0.1, 0.15) is 59.2 Å². The van der Waals surface area contributed by atoms with Crippen LogP contribution in [0.15, 0.2) is 59.1 Å². The number of fused-ring (bicyclic) bond motifs is 2. The predicted octanol–water partition coefficient (Wildman–Crippen LogP) is 7.18. The number of rotatable bonds is 8. The standard InChI is InChI=1S/C31H27F3N2O5/c1-17-35-30(41-36-17)20-4-2-19(3-5-20)29-25-8-6-18(23(25)10-11-26(29)31(32,33)34)12-13-39-22-7-9-24-21(14-28(37)38)16-40-27(24)15-22/h2-5,7,9-11,15,18,21H,6,8,12-14,16H2,1H3,(H,37,38). The third-order valence-corrected chi connectivity index (χ3v) is 7.81. The van der Waals surface area contributed by atoms with E-state index in [0.717, 1.165) is 23.1 Å². The van der Waals surface area contributed by atoms with Crippen molar-refractivity contribution in [3.63, 3.8) is 0 Å². The minimum absolute atomic E-state index is 0.00877. The van der Waals surface area contributed by atoms with Crippen molar-refractivity contribution in [1.82, 2.24) is 10.1 Å². The number of aryl methyl sites for hydroxylation is 1. The molecule has 1 aliphatic carbocycles. The molecule has 0 saturated heterocycles. The van der Waals surface area contributed by atoms with Gasteiger partial charge in [-0.05, 0) is 78.6 Å². The lowest BCUT2D eigenvalue weighted by molar-refractivity contribution is -0.138. The lowest BCUT2D eigenvalue weighted by atomic mass is 9.89. The van der Waals surface area contributed by atoms with Gasteiger partial charge in [-0.1, -0.05) is 29.4 Å². The summed E-state index contributed by atoms with van der Waals surface area (Å²) in [5.74, 6) is 1.06. The van der Waals surface area contributed by atoms with E-state index < -0.39 is 17.7 Å². The van der Waals surface area contributed by atoms with Gasteiger partial charge in [0.25, 0.3) is 5.89 Å². The SMILES string of the molecule is Cc1noc(-c2ccc(-c3c(C(F)(F)F)ccc4c3CCC4CCOc3ccc4c(c3)OCC4CC(=O)O)cc2)n1. The first kappa shape index (κ1) is 26.9. The number of hydrogen-bond donors (Lipinski definition) is 1. The highest BCUT2D eigenvalue weighted by Gasteiger charge is 2.37. The van der Waals surface area contributed by atoms with E-state index in [-0.39, 0.29) is 23.8 Å². The van der Waals surface area contributed by atoms with Crippen LogP contribution < -0.4 is 9.47 Å². The Labute approximate surface area is 233 Å². The van der Waals surface area contributed by atoms with Crippen LogP contribution in [-0.2, 0) is 17.4 Å². The maximum atomic E-state index is 14.1. The van der Waals surface area contributed by atoms with Crippen LogP contribution in [0.2, 0.25) is 0 Å². The fraction of sp³-hybridized carbons (Fsp3) is 0.323. The topological polar surface area (TPSA) is 94.7 Å². The van der Waals surface area contributed by atoms with Crippen molar-refractivity contribution >= 4 is 5.97 Å². The number of aromatic nitrogens is 2. The minimum atomic E-state index is -4.49. The first-order valence-corrected chi connectivity index (χ1v) is 13.4. The van der Waals surface area contributed by atoms with Gasteiger partial charge in [0.1, 0.15) is 11.5 Å². The molecule has 0 radical (unpaired) electrons. The molecule has 2 aliphatic rings. The Morgan fingerprint density at radius 1 is 1.05 bits per heavy atom. The molecule has 41 heavy (non-hydrogen) atoms. The van der Waals surface area contributed by atoms with Gasteiger partial charge in [0.05, 0.1) is 25.2 Å². The van der Waals surface area contributed by atoms with Crippen LogP contribution >= 0.6 is 0 Å². The van der Waals surface area contributed by atoms with Gasteiger partial charge in [-0.2, -0.15) is 18.2 Å². The quantitative estimate of drug-likeness (QED) is 0.242. The Kier molecular flexibility index (Phi) is 6.93. The first-order chi connectivity index (χ1) is 19.7. The number of halogens is 3. The molecule has 4 aromatic rings. The number of carbonyl (C=O) groups is 1. The maximum Gasteiger partial charge on any atom is 0.417 e. The van der Waals surface area contributed by atoms with Crippen molar-refractivity contribution in [3.8, 4) is 34.1 Å². The van der Waals surface area contributed by atoms with Crippen molar-refractivity contribution in [2.75, 3.05) is 13.2 Å². The molecule has 0 fully saturated rings. The third kappa shape index (κ3) is 5.38. The molecule has 7 nitrogen and oxygen atoms in total. The molecule has 0 spiro atoms. The van der Waals surface area contributed by atoms with Crippen molar-refractivity contribution < 1.29 is 37.1 Å². The molecule has 1 N–H and O–H groups in total. The molecule has 0 amide bonds. The Hall–Kier alpha value is -4.34. The van der Waals surface area contributed by atoms with E-state index >= 15 is 0 Å². The molecule has 3 aromatic carbocycles. The van der Waals surface area contributed by atoms with E-state index in [1.165, 1.54) is 6.07 Å². The van der Waals surface area contributed by atoms with Gasteiger partial charge in [0, 0.05) is 23.1 Å². The van der Waals surface area contributed by atoms with Gasteiger partial charge < -0.3 is 19.1 Å². The smallest absolute Gasteiger partial charge is 0.417 e. The van der Waals surface area contributed by atoms with E-state index in [0.29, 0.717) is 60.4 Å². The molecule has 2 atom stereocenters. The average Bonchev–Trinajstić information content (AvgIpc) is 3.66. The molecule has 1 aliphatic heterocycles. The molecule has 10 heteroatoms. The van der Waals surface area contributed by atoms with Crippen LogP contribution in [0.25, 0.3) is 22.6 Å². The molecule has 2 heterocycles. The van der Waals surface area contributed by atoms with Crippen LogP contribution in [0.5, 0.6) is 11.5 Å². The summed E-state index contributed by atoms with van der Waals surface area (Å²) >= 11 is 0. The van der Waals surface area contributed by atoms with Gasteiger partial charge in [-0.3, -0.25) is 4.79 Å². The highest BCUT2D eigenvalue weighted by molar-refractivity contribution is 5.76. The Morgan fingerprint density at radius 3 is 2.51 bits per heavy atom. The number of alkyl halides is 3. The van der Waals surface area contributed by atoms with E-state index in [9.17, 15) is 18.0 Å². The molecule has 0 bridgehead atoms. The van der Waals surface area contributed by atoms with Crippen LogP contribution in [0.3, 0.4) is 0 Å². The molecule has 212 valence electrons. The minimum Gasteiger partial charge on any atom is -0.493 e. The molecule has 1 aromatic heterocycles. The van der Waals surface area contributed by atoms with E-state index in [1.807, 2.05) is 6.07 Å². The van der Waals surface area contributed by atoms with Crippen molar-refractivity contribution in [3.05, 3.63) is 82.7 Å². The predicted molar refractivity (Wildman–Crippen MR) is 143 cm³/mol. The summed E-state index contributed by atoms with van der Waals surface area (Å²) in [7, 11) is 0. The van der Waals surface area contributed by atoms with Crippen molar-refractivity contribution in [1.29, 1.82) is 0 Å². The van der Waals surface area contributed by atoms with Crippen molar-refractivity contribution in [2.45, 2.75) is 50.6 Å². The fourth-order valence-corrected chi connectivity index (χ4v) is 5.90.